The van der Waals surface area contributed by atoms with Gasteiger partial charge < -0.3 is 14.0 Å². The van der Waals surface area contributed by atoms with Crippen LogP contribution in [0.2, 0.25) is 0 Å². The molecule has 90 valence electrons. The van der Waals surface area contributed by atoms with Crippen molar-refractivity contribution in [2.24, 2.45) is 0 Å². The van der Waals surface area contributed by atoms with Gasteiger partial charge in [-0.1, -0.05) is 6.07 Å². The topological polar surface area (TPSA) is 36.3 Å². The molecule has 0 atom stereocenters. The number of nitrogens with zero attached hydrogens (tertiary/aromatic N) is 2. The molecule has 17 heavy (non-hydrogen) atoms. The van der Waals surface area contributed by atoms with Gasteiger partial charge in [0, 0.05) is 18.9 Å². The molecule has 4 nitrogen and oxygen atoms in total. The molecule has 0 N–H and O–H groups in total. The maximum atomic E-state index is 5.41. The molecular formula is C13H16N2O2. The molecule has 4 heteroatoms. The van der Waals surface area contributed by atoms with Crippen LogP contribution in [-0.2, 0) is 6.54 Å². The quantitative estimate of drug-likeness (QED) is 0.813. The van der Waals surface area contributed by atoms with Gasteiger partial charge in [-0.15, -0.1) is 0 Å². The van der Waals surface area contributed by atoms with Crippen molar-refractivity contribution in [2.75, 3.05) is 14.2 Å². The highest BCUT2D eigenvalue weighted by atomic mass is 16.5. The monoisotopic (exact) mass is 232 g/mol. The minimum absolute atomic E-state index is 0.718. The summed E-state index contributed by atoms with van der Waals surface area (Å²) in [5.74, 6) is 2.33. The number of rotatable bonds is 4. The van der Waals surface area contributed by atoms with Gasteiger partial charge in [-0.25, -0.2) is 4.98 Å². The van der Waals surface area contributed by atoms with Crippen LogP contribution in [0.3, 0.4) is 0 Å². The van der Waals surface area contributed by atoms with Crippen LogP contribution in [0.1, 0.15) is 6.92 Å². The van der Waals surface area contributed by atoms with Crippen LogP contribution in [-0.4, -0.2) is 23.8 Å². The first-order chi connectivity index (χ1) is 8.31. The summed E-state index contributed by atoms with van der Waals surface area (Å²) < 4.78 is 12.8. The second-order valence-electron chi connectivity index (χ2n) is 3.58. The molecule has 1 aromatic carbocycles. The van der Waals surface area contributed by atoms with E-state index in [1.165, 1.54) is 0 Å². The molecule has 0 saturated heterocycles. The number of para-hydroxylation sites is 1. The molecule has 0 unspecified atom stereocenters. The van der Waals surface area contributed by atoms with Crippen molar-refractivity contribution in [1.82, 2.24) is 9.55 Å². The molecule has 0 aliphatic carbocycles. The van der Waals surface area contributed by atoms with Gasteiger partial charge >= 0.3 is 0 Å². The summed E-state index contributed by atoms with van der Waals surface area (Å²) in [6, 6.07) is 5.79. The Morgan fingerprint density at radius 2 is 2.06 bits per heavy atom. The maximum absolute atomic E-state index is 5.41. The summed E-state index contributed by atoms with van der Waals surface area (Å²) in [4.78, 5) is 4.37. The third-order valence-electron chi connectivity index (χ3n) is 2.70. The molecular weight excluding hydrogens is 216 g/mol. The van der Waals surface area contributed by atoms with Crippen molar-refractivity contribution in [1.29, 1.82) is 0 Å². The van der Waals surface area contributed by atoms with Gasteiger partial charge in [0.2, 0.25) is 0 Å². The summed E-state index contributed by atoms with van der Waals surface area (Å²) in [7, 11) is 3.27. The number of hydrogen-bond donors (Lipinski definition) is 0. The van der Waals surface area contributed by atoms with E-state index in [-0.39, 0.29) is 0 Å². The third kappa shape index (κ3) is 1.98. The van der Waals surface area contributed by atoms with Crippen molar-refractivity contribution >= 4 is 0 Å². The Morgan fingerprint density at radius 3 is 2.71 bits per heavy atom. The van der Waals surface area contributed by atoms with Crippen molar-refractivity contribution in [3.05, 3.63) is 30.6 Å². The third-order valence-corrected chi connectivity index (χ3v) is 2.70. The van der Waals surface area contributed by atoms with Gasteiger partial charge in [0.15, 0.2) is 11.5 Å². The fraction of sp³-hybridized carbons (Fsp3) is 0.308. The first kappa shape index (κ1) is 11.5. The predicted octanol–water partition coefficient (Wildman–Crippen LogP) is 2.59. The van der Waals surface area contributed by atoms with Crippen LogP contribution >= 0.6 is 0 Å². The molecule has 0 amide bonds. The van der Waals surface area contributed by atoms with E-state index in [1.807, 2.05) is 24.4 Å². The Bertz CT molecular complexity index is 506. The zero-order valence-electron chi connectivity index (χ0n) is 10.3. The Hall–Kier alpha value is -1.97. The normalized spacial score (nSPS) is 10.3. The van der Waals surface area contributed by atoms with E-state index in [4.69, 9.17) is 9.47 Å². The van der Waals surface area contributed by atoms with Crippen molar-refractivity contribution in [2.45, 2.75) is 13.5 Å². The number of aryl methyl sites for hydroxylation is 1. The zero-order valence-corrected chi connectivity index (χ0v) is 10.3. The Kier molecular flexibility index (Phi) is 3.32. The van der Waals surface area contributed by atoms with Crippen molar-refractivity contribution in [3.8, 4) is 22.9 Å². The largest absolute Gasteiger partial charge is 0.493 e. The van der Waals surface area contributed by atoms with Crippen LogP contribution in [0.25, 0.3) is 11.4 Å². The zero-order chi connectivity index (χ0) is 12.3. The lowest BCUT2D eigenvalue weighted by atomic mass is 10.1. The van der Waals surface area contributed by atoms with Crippen LogP contribution in [0.15, 0.2) is 30.6 Å². The number of imidazole rings is 1. The molecule has 1 aromatic heterocycles. The van der Waals surface area contributed by atoms with E-state index in [0.29, 0.717) is 0 Å². The molecule has 0 spiro atoms. The summed E-state index contributed by atoms with van der Waals surface area (Å²) in [6.45, 7) is 2.95. The molecule has 0 aliphatic heterocycles. The summed E-state index contributed by atoms with van der Waals surface area (Å²) in [6.07, 6.45) is 3.74. The number of aromatic nitrogens is 2. The smallest absolute Gasteiger partial charge is 0.171 e. The van der Waals surface area contributed by atoms with Gasteiger partial charge in [0.05, 0.1) is 19.8 Å². The molecule has 2 aromatic rings. The van der Waals surface area contributed by atoms with E-state index in [9.17, 15) is 0 Å². The fourth-order valence-corrected chi connectivity index (χ4v) is 1.87. The van der Waals surface area contributed by atoms with Gasteiger partial charge in [-0.3, -0.25) is 0 Å². The molecule has 2 rings (SSSR count). The van der Waals surface area contributed by atoms with E-state index in [2.05, 4.69) is 16.5 Å². The highest BCUT2D eigenvalue weighted by molar-refractivity contribution is 5.69. The molecule has 1 heterocycles. The SMILES string of the molecule is CCn1ccnc1-c1cccc(OC)c1OC. The minimum atomic E-state index is 0.718. The van der Waals surface area contributed by atoms with Gasteiger partial charge in [0.25, 0.3) is 0 Å². The lowest BCUT2D eigenvalue weighted by Gasteiger charge is -2.12. The maximum Gasteiger partial charge on any atom is 0.171 e. The van der Waals surface area contributed by atoms with E-state index in [1.54, 1.807) is 20.4 Å². The second kappa shape index (κ2) is 4.91. The van der Waals surface area contributed by atoms with Gasteiger partial charge in [-0.05, 0) is 19.1 Å². The highest BCUT2D eigenvalue weighted by Gasteiger charge is 2.14. The molecule has 0 fully saturated rings. The van der Waals surface area contributed by atoms with Crippen molar-refractivity contribution < 1.29 is 9.47 Å². The first-order valence-corrected chi connectivity index (χ1v) is 5.54. The lowest BCUT2D eigenvalue weighted by Crippen LogP contribution is -1.99. The average molecular weight is 232 g/mol. The summed E-state index contributed by atoms with van der Waals surface area (Å²) in [5.41, 5.74) is 0.943. The highest BCUT2D eigenvalue weighted by Crippen LogP contribution is 2.36. The lowest BCUT2D eigenvalue weighted by molar-refractivity contribution is 0.356. The minimum Gasteiger partial charge on any atom is -0.493 e. The number of methoxy groups -OCH3 is 2. The standard InChI is InChI=1S/C13H16N2O2/c1-4-15-9-8-14-13(15)10-6-5-7-11(16-2)12(10)17-3/h5-9H,4H2,1-3H3. The number of hydrogen-bond acceptors (Lipinski definition) is 3. The van der Waals surface area contributed by atoms with E-state index in [0.717, 1.165) is 29.4 Å². The number of ether oxygens (including phenoxy) is 2. The van der Waals surface area contributed by atoms with E-state index >= 15 is 0 Å². The fourth-order valence-electron chi connectivity index (χ4n) is 1.87. The van der Waals surface area contributed by atoms with Crippen LogP contribution in [0.5, 0.6) is 11.5 Å². The second-order valence-corrected chi connectivity index (χ2v) is 3.58. The predicted molar refractivity (Wildman–Crippen MR) is 66.4 cm³/mol. The summed E-state index contributed by atoms with van der Waals surface area (Å²) >= 11 is 0. The molecule has 0 bridgehead atoms. The van der Waals surface area contributed by atoms with Gasteiger partial charge in [-0.2, -0.15) is 0 Å². The number of benzene rings is 1. The average Bonchev–Trinajstić information content (AvgIpc) is 2.85. The Balaban J connectivity index is 2.59. The summed E-state index contributed by atoms with van der Waals surface area (Å²) in [5, 5.41) is 0. The molecule has 0 saturated carbocycles. The molecule has 0 aliphatic rings. The van der Waals surface area contributed by atoms with E-state index < -0.39 is 0 Å². The molecule has 0 radical (unpaired) electrons. The Labute approximate surface area is 101 Å². The Morgan fingerprint density at radius 1 is 1.24 bits per heavy atom. The van der Waals surface area contributed by atoms with Gasteiger partial charge in [0.1, 0.15) is 5.82 Å². The van der Waals surface area contributed by atoms with Crippen LogP contribution in [0, 0.1) is 0 Å². The first-order valence-electron chi connectivity index (χ1n) is 5.54. The van der Waals surface area contributed by atoms with Crippen molar-refractivity contribution in [3.63, 3.8) is 0 Å². The van der Waals surface area contributed by atoms with Crippen LogP contribution in [0.4, 0.5) is 0 Å². The van der Waals surface area contributed by atoms with Crippen LogP contribution < -0.4 is 9.47 Å².